The Morgan fingerprint density at radius 2 is 2.00 bits per heavy atom. The fraction of sp³-hybridized carbons (Fsp3) is 0.263. The Hall–Kier alpha value is -2.06. The van der Waals surface area contributed by atoms with Gasteiger partial charge in [-0.3, -0.25) is 0 Å². The molecule has 0 bridgehead atoms. The summed E-state index contributed by atoms with van der Waals surface area (Å²) in [6.45, 7) is 0.572. The van der Waals surface area contributed by atoms with Crippen molar-refractivity contribution in [1.82, 2.24) is 0 Å². The van der Waals surface area contributed by atoms with E-state index in [-0.39, 0.29) is 6.04 Å². The topological polar surface area (TPSA) is 35.2 Å². The molecular weight excluding hydrogens is 258 g/mol. The molecule has 1 aliphatic carbocycles. The Morgan fingerprint density at radius 1 is 1.14 bits per heavy atom. The van der Waals surface area contributed by atoms with Gasteiger partial charge in [-0.2, -0.15) is 0 Å². The minimum absolute atomic E-state index is 0.164. The molecule has 0 spiro atoms. The predicted molar refractivity (Wildman–Crippen MR) is 87.3 cm³/mol. The van der Waals surface area contributed by atoms with Gasteiger partial charge in [-0.1, -0.05) is 42.5 Å². The van der Waals surface area contributed by atoms with Crippen LogP contribution in [-0.4, -0.2) is 6.61 Å². The van der Waals surface area contributed by atoms with Gasteiger partial charge in [0.2, 0.25) is 0 Å². The molecule has 0 unspecified atom stereocenters. The molecular formula is C19H21NO. The molecule has 0 fully saturated rings. The third kappa shape index (κ3) is 3.53. The van der Waals surface area contributed by atoms with Crippen LogP contribution in [-0.2, 0) is 6.42 Å². The van der Waals surface area contributed by atoms with Gasteiger partial charge in [0.05, 0.1) is 0 Å². The van der Waals surface area contributed by atoms with Crippen LogP contribution in [0.4, 0.5) is 0 Å². The zero-order valence-electron chi connectivity index (χ0n) is 12.2. The highest BCUT2D eigenvalue weighted by molar-refractivity contribution is 5.48. The number of hydrogen-bond acceptors (Lipinski definition) is 2. The second-order valence-electron chi connectivity index (χ2n) is 5.48. The van der Waals surface area contributed by atoms with Crippen molar-refractivity contribution in [3.05, 3.63) is 71.3 Å². The van der Waals surface area contributed by atoms with E-state index in [2.05, 4.69) is 30.3 Å². The normalized spacial score (nSPS) is 17.7. The van der Waals surface area contributed by atoms with Crippen LogP contribution in [0, 0.1) is 0 Å². The molecule has 0 radical (unpaired) electrons. The van der Waals surface area contributed by atoms with E-state index in [1.54, 1.807) is 0 Å². The predicted octanol–water partition coefficient (Wildman–Crippen LogP) is 4.11. The molecule has 0 aliphatic heterocycles. The van der Waals surface area contributed by atoms with Crippen LogP contribution >= 0.6 is 0 Å². The fourth-order valence-corrected chi connectivity index (χ4v) is 2.80. The van der Waals surface area contributed by atoms with Crippen LogP contribution in [0.1, 0.15) is 35.6 Å². The van der Waals surface area contributed by atoms with Crippen molar-refractivity contribution in [3.8, 4) is 5.75 Å². The van der Waals surface area contributed by atoms with E-state index in [0.717, 1.165) is 18.6 Å². The lowest BCUT2D eigenvalue weighted by atomic mass is 9.88. The number of hydrogen-bond donors (Lipinski definition) is 1. The first-order chi connectivity index (χ1) is 10.3. The van der Waals surface area contributed by atoms with Gasteiger partial charge < -0.3 is 10.5 Å². The number of nitrogens with two attached hydrogens (primary N) is 1. The van der Waals surface area contributed by atoms with Crippen LogP contribution in [0.5, 0.6) is 5.75 Å². The third-order valence-corrected chi connectivity index (χ3v) is 3.93. The van der Waals surface area contributed by atoms with E-state index >= 15 is 0 Å². The Labute approximate surface area is 126 Å². The lowest BCUT2D eigenvalue weighted by molar-refractivity contribution is 0.362. The third-order valence-electron chi connectivity index (χ3n) is 3.93. The highest BCUT2D eigenvalue weighted by atomic mass is 16.5. The first-order valence-electron chi connectivity index (χ1n) is 7.56. The molecule has 2 aromatic carbocycles. The van der Waals surface area contributed by atoms with E-state index in [4.69, 9.17) is 10.5 Å². The number of benzene rings is 2. The van der Waals surface area contributed by atoms with Gasteiger partial charge in [0.15, 0.2) is 0 Å². The summed E-state index contributed by atoms with van der Waals surface area (Å²) < 4.78 is 5.80. The van der Waals surface area contributed by atoms with Crippen LogP contribution in [0.3, 0.4) is 0 Å². The van der Waals surface area contributed by atoms with Gasteiger partial charge in [-0.25, -0.2) is 0 Å². The Kier molecular flexibility index (Phi) is 4.37. The molecule has 1 atom stereocenters. The first-order valence-corrected chi connectivity index (χ1v) is 7.56. The van der Waals surface area contributed by atoms with Crippen LogP contribution in [0.2, 0.25) is 0 Å². The molecule has 0 amide bonds. The second-order valence-corrected chi connectivity index (χ2v) is 5.48. The maximum absolute atomic E-state index is 6.18. The summed E-state index contributed by atoms with van der Waals surface area (Å²) in [4.78, 5) is 0. The minimum Gasteiger partial charge on any atom is -0.490 e. The summed E-state index contributed by atoms with van der Waals surface area (Å²) in [5, 5.41) is 0. The minimum atomic E-state index is 0.164. The molecule has 2 N–H and O–H groups in total. The van der Waals surface area contributed by atoms with E-state index in [1.165, 1.54) is 23.1 Å². The summed E-state index contributed by atoms with van der Waals surface area (Å²) in [5.41, 5.74) is 10.00. The quantitative estimate of drug-likeness (QED) is 0.914. The van der Waals surface area contributed by atoms with Crippen LogP contribution < -0.4 is 10.5 Å². The van der Waals surface area contributed by atoms with E-state index in [9.17, 15) is 0 Å². The van der Waals surface area contributed by atoms with Crippen LogP contribution in [0.15, 0.2) is 54.6 Å². The number of aryl methyl sites for hydroxylation is 1. The van der Waals surface area contributed by atoms with Gasteiger partial charge >= 0.3 is 0 Å². The molecule has 2 nitrogen and oxygen atoms in total. The van der Waals surface area contributed by atoms with E-state index in [0.29, 0.717) is 6.61 Å². The van der Waals surface area contributed by atoms with Gasteiger partial charge in [-0.15, -0.1) is 0 Å². The van der Waals surface area contributed by atoms with E-state index in [1.807, 2.05) is 30.3 Å². The first kappa shape index (κ1) is 13.9. The summed E-state index contributed by atoms with van der Waals surface area (Å²) in [6, 6.07) is 16.7. The molecule has 2 heteroatoms. The molecule has 0 saturated carbocycles. The van der Waals surface area contributed by atoms with Crippen molar-refractivity contribution in [2.24, 2.45) is 5.73 Å². The summed E-state index contributed by atoms with van der Waals surface area (Å²) in [5.74, 6) is 0.906. The molecule has 0 saturated heterocycles. The largest absolute Gasteiger partial charge is 0.490 e. The maximum Gasteiger partial charge on any atom is 0.120 e. The second kappa shape index (κ2) is 6.59. The van der Waals surface area contributed by atoms with Gasteiger partial charge in [-0.05, 0) is 54.2 Å². The molecule has 2 aromatic rings. The molecule has 3 rings (SSSR count). The number of rotatable bonds is 4. The van der Waals surface area contributed by atoms with Gasteiger partial charge in [0.25, 0.3) is 0 Å². The average Bonchev–Trinajstić information content (AvgIpc) is 2.53. The Morgan fingerprint density at radius 3 is 2.86 bits per heavy atom. The van der Waals surface area contributed by atoms with Crippen molar-refractivity contribution >= 4 is 6.08 Å². The highest BCUT2D eigenvalue weighted by Gasteiger charge is 2.16. The standard InChI is InChI=1S/C19H21NO/c20-19-10-4-9-16-11-12-17(14-18(16)19)21-13-5-8-15-6-2-1-3-7-15/h1-3,5-8,11-12,14,19H,4,9-10,13,20H2/b8-5+/t19-/m1/s1. The van der Waals surface area contributed by atoms with Crippen molar-refractivity contribution in [3.63, 3.8) is 0 Å². The number of ether oxygens (including phenoxy) is 1. The smallest absolute Gasteiger partial charge is 0.120 e. The van der Waals surface area contributed by atoms with Crippen molar-refractivity contribution < 1.29 is 4.74 Å². The van der Waals surface area contributed by atoms with Gasteiger partial charge in [0.1, 0.15) is 12.4 Å². The SMILES string of the molecule is N[C@@H]1CCCc2ccc(OC/C=C/c3ccccc3)cc21. The van der Waals surface area contributed by atoms with Crippen molar-refractivity contribution in [2.45, 2.75) is 25.3 Å². The van der Waals surface area contributed by atoms with Gasteiger partial charge in [0, 0.05) is 6.04 Å². The van der Waals surface area contributed by atoms with E-state index < -0.39 is 0 Å². The summed E-state index contributed by atoms with van der Waals surface area (Å²) in [6.07, 6.45) is 7.51. The molecule has 21 heavy (non-hydrogen) atoms. The van der Waals surface area contributed by atoms with Crippen molar-refractivity contribution in [1.29, 1.82) is 0 Å². The lowest BCUT2D eigenvalue weighted by Crippen LogP contribution is -2.17. The fourth-order valence-electron chi connectivity index (χ4n) is 2.80. The monoisotopic (exact) mass is 279 g/mol. The summed E-state index contributed by atoms with van der Waals surface area (Å²) in [7, 11) is 0. The summed E-state index contributed by atoms with van der Waals surface area (Å²) >= 11 is 0. The molecule has 1 aliphatic rings. The average molecular weight is 279 g/mol. The van der Waals surface area contributed by atoms with Crippen molar-refractivity contribution in [2.75, 3.05) is 6.61 Å². The molecule has 0 heterocycles. The Bertz CT molecular complexity index is 619. The zero-order valence-corrected chi connectivity index (χ0v) is 12.2. The lowest BCUT2D eigenvalue weighted by Gasteiger charge is -2.22. The maximum atomic E-state index is 6.18. The Balaban J connectivity index is 1.61. The molecule has 0 aromatic heterocycles. The highest BCUT2D eigenvalue weighted by Crippen LogP contribution is 2.30. The van der Waals surface area contributed by atoms with Crippen LogP contribution in [0.25, 0.3) is 6.08 Å². The molecule has 108 valence electrons. The zero-order chi connectivity index (χ0) is 14.5. The number of fused-ring (bicyclic) bond motifs is 1.